The summed E-state index contributed by atoms with van der Waals surface area (Å²) in [7, 11) is 1.38. The van der Waals surface area contributed by atoms with Gasteiger partial charge in [0.2, 0.25) is 0 Å². The Hall–Kier alpha value is -0.740. The fourth-order valence-corrected chi connectivity index (χ4v) is 1.77. The summed E-state index contributed by atoms with van der Waals surface area (Å²) in [6.07, 6.45) is 0.367. The smallest absolute Gasteiger partial charge is 0.307 e. The first-order valence-corrected chi connectivity index (χ1v) is 4.98. The summed E-state index contributed by atoms with van der Waals surface area (Å²) in [5.41, 5.74) is 0. The summed E-state index contributed by atoms with van der Waals surface area (Å²) >= 11 is 7.17. The molecule has 0 radical (unpaired) electrons. The quantitative estimate of drug-likeness (QED) is 0.791. The molecule has 1 heterocycles. The number of ether oxygens (including phenoxy) is 1. The lowest BCUT2D eigenvalue weighted by Gasteiger charge is -2.01. The van der Waals surface area contributed by atoms with Crippen LogP contribution in [0.2, 0.25) is 4.34 Å². The van der Waals surface area contributed by atoms with Gasteiger partial charge in [-0.05, 0) is 12.1 Å². The molecule has 0 aliphatic carbocycles. The van der Waals surface area contributed by atoms with Crippen LogP contribution >= 0.6 is 22.9 Å². The van der Waals surface area contributed by atoms with Crippen molar-refractivity contribution in [3.8, 4) is 0 Å². The number of halogens is 1. The van der Waals surface area contributed by atoms with Crippen LogP contribution in [0.4, 0.5) is 5.00 Å². The van der Waals surface area contributed by atoms with Crippen LogP contribution in [0.3, 0.4) is 0 Å². The number of hydrogen-bond acceptors (Lipinski definition) is 4. The predicted molar refractivity (Wildman–Crippen MR) is 54.5 cm³/mol. The van der Waals surface area contributed by atoms with E-state index in [-0.39, 0.29) is 5.97 Å². The van der Waals surface area contributed by atoms with Crippen molar-refractivity contribution in [2.75, 3.05) is 19.0 Å². The summed E-state index contributed by atoms with van der Waals surface area (Å²) in [5.74, 6) is -0.213. The molecule has 1 N–H and O–H groups in total. The molecule has 72 valence electrons. The molecule has 13 heavy (non-hydrogen) atoms. The number of methoxy groups -OCH3 is 1. The fourth-order valence-electron chi connectivity index (χ4n) is 0.799. The molecule has 1 aromatic heterocycles. The normalized spacial score (nSPS) is 9.69. The molecule has 0 spiro atoms. The van der Waals surface area contributed by atoms with Crippen LogP contribution < -0.4 is 5.32 Å². The summed E-state index contributed by atoms with van der Waals surface area (Å²) in [5, 5.41) is 4.03. The van der Waals surface area contributed by atoms with Crippen LogP contribution in [0, 0.1) is 0 Å². The van der Waals surface area contributed by atoms with Crippen molar-refractivity contribution in [2.45, 2.75) is 6.42 Å². The molecule has 0 saturated carbocycles. The van der Waals surface area contributed by atoms with Gasteiger partial charge >= 0.3 is 5.97 Å². The van der Waals surface area contributed by atoms with Crippen molar-refractivity contribution in [3.63, 3.8) is 0 Å². The topological polar surface area (TPSA) is 38.3 Å². The van der Waals surface area contributed by atoms with E-state index in [9.17, 15) is 4.79 Å². The lowest BCUT2D eigenvalue weighted by Crippen LogP contribution is -2.08. The minimum atomic E-state index is -0.213. The molecule has 0 bridgehead atoms. The molecule has 0 aliphatic rings. The Labute approximate surface area is 85.7 Å². The highest BCUT2D eigenvalue weighted by Crippen LogP contribution is 2.25. The van der Waals surface area contributed by atoms with Gasteiger partial charge in [0, 0.05) is 6.54 Å². The predicted octanol–water partition coefficient (Wildman–Crippen LogP) is 2.38. The van der Waals surface area contributed by atoms with Gasteiger partial charge in [-0.15, -0.1) is 11.3 Å². The monoisotopic (exact) mass is 219 g/mol. The zero-order valence-electron chi connectivity index (χ0n) is 7.17. The van der Waals surface area contributed by atoms with Crippen molar-refractivity contribution in [3.05, 3.63) is 16.5 Å². The number of nitrogens with one attached hydrogen (secondary N) is 1. The largest absolute Gasteiger partial charge is 0.469 e. The fraction of sp³-hybridized carbons (Fsp3) is 0.375. The van der Waals surface area contributed by atoms with Crippen molar-refractivity contribution >= 4 is 33.9 Å². The molecule has 0 unspecified atom stereocenters. The van der Waals surface area contributed by atoms with E-state index in [1.165, 1.54) is 18.4 Å². The van der Waals surface area contributed by atoms with Gasteiger partial charge in [-0.25, -0.2) is 0 Å². The van der Waals surface area contributed by atoms with Crippen molar-refractivity contribution < 1.29 is 9.53 Å². The SMILES string of the molecule is COC(=O)CCNc1ccc(Cl)s1. The summed E-state index contributed by atoms with van der Waals surface area (Å²) in [6.45, 7) is 0.573. The molecule has 0 aromatic carbocycles. The summed E-state index contributed by atoms with van der Waals surface area (Å²) in [4.78, 5) is 10.7. The molecule has 0 saturated heterocycles. The van der Waals surface area contributed by atoms with Crippen LogP contribution in [-0.4, -0.2) is 19.6 Å². The maximum Gasteiger partial charge on any atom is 0.307 e. The van der Waals surface area contributed by atoms with Crippen molar-refractivity contribution in [1.29, 1.82) is 0 Å². The second-order valence-corrected chi connectivity index (χ2v) is 4.07. The van der Waals surface area contributed by atoms with Gasteiger partial charge in [0.15, 0.2) is 0 Å². The zero-order chi connectivity index (χ0) is 9.68. The first kappa shape index (κ1) is 10.3. The van der Waals surface area contributed by atoms with E-state index >= 15 is 0 Å². The minimum absolute atomic E-state index is 0.213. The van der Waals surface area contributed by atoms with E-state index < -0.39 is 0 Å². The van der Waals surface area contributed by atoms with Crippen molar-refractivity contribution in [1.82, 2.24) is 0 Å². The van der Waals surface area contributed by atoms with E-state index in [4.69, 9.17) is 11.6 Å². The molecule has 0 fully saturated rings. The molecular formula is C8H10ClNO2S. The van der Waals surface area contributed by atoms with E-state index in [0.717, 1.165) is 9.34 Å². The molecule has 1 aromatic rings. The highest BCUT2D eigenvalue weighted by atomic mass is 35.5. The number of carbonyl (C=O) groups excluding carboxylic acids is 1. The molecule has 3 nitrogen and oxygen atoms in total. The molecule has 0 aliphatic heterocycles. The summed E-state index contributed by atoms with van der Waals surface area (Å²) < 4.78 is 5.23. The Morgan fingerprint density at radius 1 is 1.69 bits per heavy atom. The number of anilines is 1. The molecule has 1 rings (SSSR count). The first-order valence-electron chi connectivity index (χ1n) is 3.78. The van der Waals surface area contributed by atoms with Crippen LogP contribution in [0.25, 0.3) is 0 Å². The Morgan fingerprint density at radius 2 is 2.46 bits per heavy atom. The maximum absolute atomic E-state index is 10.7. The van der Waals surface area contributed by atoms with Gasteiger partial charge in [0.25, 0.3) is 0 Å². The first-order chi connectivity index (χ1) is 6.22. The lowest BCUT2D eigenvalue weighted by atomic mass is 10.4. The van der Waals surface area contributed by atoms with Gasteiger partial charge in [-0.3, -0.25) is 4.79 Å². The van der Waals surface area contributed by atoms with E-state index in [0.29, 0.717) is 13.0 Å². The second-order valence-electron chi connectivity index (χ2n) is 2.36. The average molecular weight is 220 g/mol. The van der Waals surface area contributed by atoms with E-state index in [1.54, 1.807) is 0 Å². The molecule has 0 amide bonds. The Morgan fingerprint density at radius 3 is 3.00 bits per heavy atom. The third-order valence-electron chi connectivity index (χ3n) is 1.43. The van der Waals surface area contributed by atoms with E-state index in [1.807, 2.05) is 12.1 Å². The van der Waals surface area contributed by atoms with Crippen LogP contribution in [-0.2, 0) is 9.53 Å². The van der Waals surface area contributed by atoms with Gasteiger partial charge < -0.3 is 10.1 Å². The molecule has 0 atom stereocenters. The maximum atomic E-state index is 10.7. The minimum Gasteiger partial charge on any atom is -0.469 e. The van der Waals surface area contributed by atoms with E-state index in [2.05, 4.69) is 10.1 Å². The zero-order valence-corrected chi connectivity index (χ0v) is 8.74. The average Bonchev–Trinajstić information content (AvgIpc) is 2.51. The molecular weight excluding hydrogens is 210 g/mol. The van der Waals surface area contributed by atoms with Crippen LogP contribution in [0.1, 0.15) is 6.42 Å². The standard InChI is InChI=1S/C8H10ClNO2S/c1-12-8(11)4-5-10-7-3-2-6(9)13-7/h2-3,10H,4-5H2,1H3. The highest BCUT2D eigenvalue weighted by Gasteiger charge is 2.00. The number of esters is 1. The highest BCUT2D eigenvalue weighted by molar-refractivity contribution is 7.19. The third-order valence-corrected chi connectivity index (χ3v) is 2.62. The van der Waals surface area contributed by atoms with Gasteiger partial charge in [0.05, 0.1) is 22.9 Å². The molecule has 5 heteroatoms. The Balaban J connectivity index is 2.24. The third kappa shape index (κ3) is 3.65. The number of thiophene rings is 1. The Kier molecular flexibility index (Phi) is 4.05. The van der Waals surface area contributed by atoms with Gasteiger partial charge in [-0.2, -0.15) is 0 Å². The van der Waals surface area contributed by atoms with Crippen LogP contribution in [0.5, 0.6) is 0 Å². The summed E-state index contributed by atoms with van der Waals surface area (Å²) in [6, 6.07) is 3.69. The number of hydrogen-bond donors (Lipinski definition) is 1. The van der Waals surface area contributed by atoms with Crippen molar-refractivity contribution in [2.24, 2.45) is 0 Å². The van der Waals surface area contributed by atoms with Gasteiger partial charge in [-0.1, -0.05) is 11.6 Å². The lowest BCUT2D eigenvalue weighted by molar-refractivity contribution is -0.140. The van der Waals surface area contributed by atoms with Gasteiger partial charge in [0.1, 0.15) is 0 Å². The number of rotatable bonds is 4. The van der Waals surface area contributed by atoms with Crippen LogP contribution in [0.15, 0.2) is 12.1 Å². The number of carbonyl (C=O) groups is 1. The second kappa shape index (κ2) is 5.09. The Bertz CT molecular complexity index is 287.